The molecule has 1 aliphatic heterocycles. The molecule has 0 atom stereocenters. The number of carbonyl (C=O) groups is 4. The standard InChI is InChI=1S/C19H31N5O7/c1-2-3-20-16(25)12-21-4-6-22(13-17(26)27)8-10-24(15-19(30)31)11-9-23(7-5-21)14-18(28)29/h1H,3-15H2,(H,20,25)(H,26,27)(H,28,29)(H,30,31). The second-order valence-corrected chi connectivity index (χ2v) is 7.27. The lowest BCUT2D eigenvalue weighted by atomic mass is 10.3. The molecule has 4 N–H and O–H groups in total. The summed E-state index contributed by atoms with van der Waals surface area (Å²) in [6.07, 6.45) is 5.15. The number of hydrogen-bond acceptors (Lipinski definition) is 8. The number of terminal acetylenes is 1. The van der Waals surface area contributed by atoms with E-state index in [1.54, 1.807) is 14.7 Å². The third-order valence-corrected chi connectivity index (χ3v) is 4.76. The van der Waals surface area contributed by atoms with E-state index in [1.165, 1.54) is 0 Å². The van der Waals surface area contributed by atoms with Crippen LogP contribution in [-0.4, -0.2) is 144 Å². The van der Waals surface area contributed by atoms with Crippen molar-refractivity contribution in [1.29, 1.82) is 0 Å². The first-order chi connectivity index (χ1) is 14.7. The Morgan fingerprint density at radius 2 is 0.935 bits per heavy atom. The monoisotopic (exact) mass is 441 g/mol. The van der Waals surface area contributed by atoms with E-state index < -0.39 is 17.9 Å². The third kappa shape index (κ3) is 12.5. The van der Waals surface area contributed by atoms with Gasteiger partial charge in [-0.15, -0.1) is 6.42 Å². The summed E-state index contributed by atoms with van der Waals surface area (Å²) in [7, 11) is 0. The zero-order valence-electron chi connectivity index (χ0n) is 17.5. The van der Waals surface area contributed by atoms with E-state index >= 15 is 0 Å². The van der Waals surface area contributed by atoms with Gasteiger partial charge in [0.05, 0.1) is 32.7 Å². The molecule has 1 aliphatic rings. The summed E-state index contributed by atoms with van der Waals surface area (Å²) in [5.74, 6) is -0.952. The zero-order valence-corrected chi connectivity index (χ0v) is 17.5. The second-order valence-electron chi connectivity index (χ2n) is 7.27. The molecule has 31 heavy (non-hydrogen) atoms. The number of nitrogens with zero attached hydrogens (tertiary/aromatic N) is 4. The second kappa shape index (κ2) is 14.3. The van der Waals surface area contributed by atoms with E-state index in [0.717, 1.165) is 0 Å². The third-order valence-electron chi connectivity index (χ3n) is 4.76. The molecule has 0 saturated carbocycles. The molecule has 1 amide bonds. The van der Waals surface area contributed by atoms with Crippen molar-refractivity contribution in [2.75, 3.05) is 85.1 Å². The maximum atomic E-state index is 12.1. The Morgan fingerprint density at radius 1 is 0.645 bits per heavy atom. The molecule has 0 aliphatic carbocycles. The summed E-state index contributed by atoms with van der Waals surface area (Å²) in [4.78, 5) is 52.6. The molecular weight excluding hydrogens is 410 g/mol. The van der Waals surface area contributed by atoms with Gasteiger partial charge in [0.15, 0.2) is 0 Å². The normalized spacial score (nSPS) is 18.3. The Balaban J connectivity index is 2.92. The fourth-order valence-corrected chi connectivity index (χ4v) is 3.19. The maximum absolute atomic E-state index is 12.1. The quantitative estimate of drug-likeness (QED) is 0.275. The largest absolute Gasteiger partial charge is 0.480 e. The van der Waals surface area contributed by atoms with E-state index in [9.17, 15) is 29.4 Å². The van der Waals surface area contributed by atoms with Gasteiger partial charge in [-0.05, 0) is 0 Å². The maximum Gasteiger partial charge on any atom is 0.317 e. The van der Waals surface area contributed by atoms with Crippen LogP contribution in [0, 0.1) is 12.3 Å². The lowest BCUT2D eigenvalue weighted by Gasteiger charge is -2.32. The average molecular weight is 441 g/mol. The highest BCUT2D eigenvalue weighted by molar-refractivity contribution is 5.78. The highest BCUT2D eigenvalue weighted by Gasteiger charge is 2.20. The van der Waals surface area contributed by atoms with Crippen LogP contribution in [0.4, 0.5) is 0 Å². The first-order valence-corrected chi connectivity index (χ1v) is 9.94. The summed E-state index contributed by atoms with van der Waals surface area (Å²) in [6, 6.07) is 0. The van der Waals surface area contributed by atoms with Crippen LogP contribution in [0.25, 0.3) is 0 Å². The number of carboxylic acid groups (broad SMARTS) is 3. The minimum absolute atomic E-state index is 0.0502. The summed E-state index contributed by atoms with van der Waals surface area (Å²) in [5, 5.41) is 30.1. The van der Waals surface area contributed by atoms with Gasteiger partial charge >= 0.3 is 17.9 Å². The Bertz CT molecular complexity index is 635. The highest BCUT2D eigenvalue weighted by Crippen LogP contribution is 2.01. The number of carboxylic acids is 3. The lowest BCUT2D eigenvalue weighted by Crippen LogP contribution is -2.49. The first kappa shape index (κ1) is 26.3. The van der Waals surface area contributed by atoms with Gasteiger partial charge in [-0.3, -0.25) is 38.8 Å². The Kier molecular flexibility index (Phi) is 12.2. The number of nitrogens with one attached hydrogen (secondary N) is 1. The Labute approximate surface area is 181 Å². The SMILES string of the molecule is C#CCNC(=O)CN1CCN(CC(=O)O)CCN(CC(=O)O)CCN(CC(=O)O)CC1. The average Bonchev–Trinajstić information content (AvgIpc) is 2.67. The first-order valence-electron chi connectivity index (χ1n) is 9.94. The van der Waals surface area contributed by atoms with Crippen LogP contribution in [0.2, 0.25) is 0 Å². The van der Waals surface area contributed by atoms with E-state index in [4.69, 9.17) is 11.5 Å². The van der Waals surface area contributed by atoms with Crippen molar-refractivity contribution < 1.29 is 34.5 Å². The number of amides is 1. The van der Waals surface area contributed by atoms with Gasteiger partial charge in [0.25, 0.3) is 0 Å². The van der Waals surface area contributed by atoms with Gasteiger partial charge in [-0.1, -0.05) is 5.92 Å². The van der Waals surface area contributed by atoms with Gasteiger partial charge in [0.1, 0.15) is 0 Å². The number of carbonyl (C=O) groups excluding carboxylic acids is 1. The van der Waals surface area contributed by atoms with Gasteiger partial charge in [0.2, 0.25) is 5.91 Å². The van der Waals surface area contributed by atoms with Crippen LogP contribution in [-0.2, 0) is 19.2 Å². The number of rotatable bonds is 9. The molecule has 1 fully saturated rings. The summed E-state index contributed by atoms with van der Waals surface area (Å²) in [5.41, 5.74) is 0. The molecule has 1 saturated heterocycles. The minimum Gasteiger partial charge on any atom is -0.480 e. The van der Waals surface area contributed by atoms with Crippen LogP contribution >= 0.6 is 0 Å². The predicted octanol–water partition coefficient (Wildman–Crippen LogP) is -2.79. The number of hydrogen-bond donors (Lipinski definition) is 4. The molecule has 174 valence electrons. The molecule has 0 aromatic rings. The van der Waals surface area contributed by atoms with Crippen molar-refractivity contribution >= 4 is 23.8 Å². The topological polar surface area (TPSA) is 154 Å². The van der Waals surface area contributed by atoms with Crippen LogP contribution in [0.1, 0.15) is 0 Å². The molecule has 12 heteroatoms. The highest BCUT2D eigenvalue weighted by atomic mass is 16.4. The summed E-state index contributed by atoms with van der Waals surface area (Å²) < 4.78 is 0. The minimum atomic E-state index is -1.01. The molecule has 0 bridgehead atoms. The molecule has 0 aromatic heterocycles. The fourth-order valence-electron chi connectivity index (χ4n) is 3.19. The summed E-state index contributed by atoms with van der Waals surface area (Å²) >= 11 is 0. The molecular formula is C19H31N5O7. The molecule has 0 aromatic carbocycles. The van der Waals surface area contributed by atoms with E-state index in [1.807, 2.05) is 4.90 Å². The van der Waals surface area contributed by atoms with Crippen molar-refractivity contribution in [3.05, 3.63) is 0 Å². The molecule has 1 heterocycles. The fraction of sp³-hybridized carbons (Fsp3) is 0.684. The zero-order chi connectivity index (χ0) is 23.2. The Hall–Kier alpha value is -2.72. The lowest BCUT2D eigenvalue weighted by molar-refractivity contribution is -0.140. The van der Waals surface area contributed by atoms with E-state index in [-0.39, 0.29) is 38.6 Å². The van der Waals surface area contributed by atoms with Gasteiger partial charge in [-0.25, -0.2) is 0 Å². The van der Waals surface area contributed by atoms with E-state index in [2.05, 4.69) is 11.2 Å². The van der Waals surface area contributed by atoms with Crippen molar-refractivity contribution in [2.45, 2.75) is 0 Å². The van der Waals surface area contributed by atoms with Crippen LogP contribution in [0.3, 0.4) is 0 Å². The molecule has 12 nitrogen and oxygen atoms in total. The van der Waals surface area contributed by atoms with Gasteiger partial charge < -0.3 is 20.6 Å². The van der Waals surface area contributed by atoms with Crippen LogP contribution in [0.5, 0.6) is 0 Å². The van der Waals surface area contributed by atoms with E-state index in [0.29, 0.717) is 52.4 Å². The van der Waals surface area contributed by atoms with Crippen LogP contribution < -0.4 is 5.32 Å². The van der Waals surface area contributed by atoms with Gasteiger partial charge in [-0.2, -0.15) is 0 Å². The number of aliphatic carboxylic acids is 3. The summed E-state index contributed by atoms with van der Waals surface area (Å²) in [6.45, 7) is 2.31. The molecule has 0 spiro atoms. The predicted molar refractivity (Wildman–Crippen MR) is 111 cm³/mol. The smallest absolute Gasteiger partial charge is 0.317 e. The molecule has 1 rings (SSSR count). The van der Waals surface area contributed by atoms with Crippen molar-refractivity contribution in [2.24, 2.45) is 0 Å². The van der Waals surface area contributed by atoms with Crippen molar-refractivity contribution in [3.8, 4) is 12.3 Å². The Morgan fingerprint density at radius 3 is 1.19 bits per heavy atom. The molecule has 0 radical (unpaired) electrons. The van der Waals surface area contributed by atoms with Crippen molar-refractivity contribution in [1.82, 2.24) is 24.9 Å². The van der Waals surface area contributed by atoms with Crippen molar-refractivity contribution in [3.63, 3.8) is 0 Å². The van der Waals surface area contributed by atoms with Gasteiger partial charge in [0, 0.05) is 52.4 Å². The van der Waals surface area contributed by atoms with Crippen LogP contribution in [0.15, 0.2) is 0 Å². The molecule has 0 unspecified atom stereocenters.